The van der Waals surface area contributed by atoms with E-state index in [2.05, 4.69) is 43.2 Å². The van der Waals surface area contributed by atoms with Crippen molar-refractivity contribution in [3.05, 3.63) is 40.4 Å². The first-order valence-electron chi connectivity index (χ1n) is 4.96. The molecule has 0 radical (unpaired) electrons. The highest BCUT2D eigenvalue weighted by Crippen LogP contribution is 2.25. The van der Waals surface area contributed by atoms with Gasteiger partial charge >= 0.3 is 0 Å². The van der Waals surface area contributed by atoms with Crippen molar-refractivity contribution in [1.29, 1.82) is 0 Å². The quantitative estimate of drug-likeness (QED) is 0.936. The Labute approximate surface area is 102 Å². The maximum absolute atomic E-state index is 5.17. The number of H-pyrrole nitrogens is 1. The van der Waals surface area contributed by atoms with Gasteiger partial charge in [-0.15, -0.1) is 0 Å². The van der Waals surface area contributed by atoms with Crippen LogP contribution < -0.4 is 4.74 Å². The molecule has 16 heavy (non-hydrogen) atoms. The third-order valence-corrected chi connectivity index (χ3v) is 2.95. The summed E-state index contributed by atoms with van der Waals surface area (Å²) in [4.78, 5) is 4.08. The molecule has 0 aliphatic heterocycles. The number of halogens is 1. The van der Waals surface area contributed by atoms with Crippen molar-refractivity contribution in [3.8, 4) is 5.75 Å². The fraction of sp³-hybridized carbons (Fsp3) is 0.273. The number of nitrogens with zero attached hydrogens (tertiary/aromatic N) is 2. The topological polar surface area (TPSA) is 50.8 Å². The van der Waals surface area contributed by atoms with Gasteiger partial charge in [0.2, 0.25) is 0 Å². The lowest BCUT2D eigenvalue weighted by Gasteiger charge is -2.05. The summed E-state index contributed by atoms with van der Waals surface area (Å²) in [6.07, 6.45) is 3.32. The van der Waals surface area contributed by atoms with Crippen molar-refractivity contribution in [2.75, 3.05) is 7.11 Å². The second-order valence-corrected chi connectivity index (χ2v) is 4.26. The Morgan fingerprint density at radius 3 is 2.88 bits per heavy atom. The molecule has 0 unspecified atom stereocenters. The number of aromatic nitrogens is 3. The van der Waals surface area contributed by atoms with Gasteiger partial charge in [-0.2, -0.15) is 5.10 Å². The predicted molar refractivity (Wildman–Crippen MR) is 64.5 cm³/mol. The molecule has 1 aromatic carbocycles. The van der Waals surface area contributed by atoms with Crippen molar-refractivity contribution < 1.29 is 4.74 Å². The first kappa shape index (κ1) is 11.1. The molecule has 0 fully saturated rings. The van der Waals surface area contributed by atoms with E-state index in [0.29, 0.717) is 0 Å². The van der Waals surface area contributed by atoms with Gasteiger partial charge in [0.05, 0.1) is 11.6 Å². The highest BCUT2D eigenvalue weighted by molar-refractivity contribution is 9.10. The van der Waals surface area contributed by atoms with Crippen LogP contribution in [0.1, 0.15) is 11.4 Å². The lowest BCUT2D eigenvalue weighted by Crippen LogP contribution is -1.94. The summed E-state index contributed by atoms with van der Waals surface area (Å²) in [5.41, 5.74) is 1.24. The Morgan fingerprint density at radius 2 is 2.25 bits per heavy atom. The smallest absolute Gasteiger partial charge is 0.137 e. The standard InChI is InChI=1S/C11H12BrN3O/c1-16-10-4-2-8(6-9(10)12)3-5-11-13-7-14-15-11/h2,4,6-7H,3,5H2,1H3,(H,13,14,15). The molecule has 0 aliphatic carbocycles. The lowest BCUT2D eigenvalue weighted by atomic mass is 10.1. The van der Waals surface area contributed by atoms with E-state index in [4.69, 9.17) is 4.74 Å². The Kier molecular flexibility index (Phi) is 3.56. The molecule has 0 aliphatic rings. The van der Waals surface area contributed by atoms with Gasteiger partial charge in [0.25, 0.3) is 0 Å². The maximum Gasteiger partial charge on any atom is 0.137 e. The van der Waals surface area contributed by atoms with Crippen LogP contribution in [0.3, 0.4) is 0 Å². The number of nitrogens with one attached hydrogen (secondary N) is 1. The Bertz CT molecular complexity index is 456. The van der Waals surface area contributed by atoms with E-state index in [1.165, 1.54) is 11.9 Å². The number of benzene rings is 1. The summed E-state index contributed by atoms with van der Waals surface area (Å²) >= 11 is 3.47. The Morgan fingerprint density at radius 1 is 1.38 bits per heavy atom. The van der Waals surface area contributed by atoms with Gasteiger partial charge in [0, 0.05) is 6.42 Å². The summed E-state index contributed by atoms with van der Waals surface area (Å²) < 4.78 is 6.15. The normalized spacial score (nSPS) is 10.4. The zero-order valence-electron chi connectivity index (χ0n) is 8.90. The molecule has 5 heteroatoms. The average molecular weight is 282 g/mol. The number of aromatic amines is 1. The zero-order chi connectivity index (χ0) is 11.4. The molecule has 0 amide bonds. The van der Waals surface area contributed by atoms with Gasteiger partial charge in [-0.25, -0.2) is 4.98 Å². The van der Waals surface area contributed by atoms with Crippen LogP contribution >= 0.6 is 15.9 Å². The van der Waals surface area contributed by atoms with Gasteiger partial charge in [0.15, 0.2) is 0 Å². The summed E-state index contributed by atoms with van der Waals surface area (Å²) in [5.74, 6) is 1.76. The summed E-state index contributed by atoms with van der Waals surface area (Å²) in [6, 6.07) is 6.08. The van der Waals surface area contributed by atoms with Crippen LogP contribution in [0.25, 0.3) is 0 Å². The minimum absolute atomic E-state index is 0.850. The summed E-state index contributed by atoms with van der Waals surface area (Å²) in [7, 11) is 1.66. The van der Waals surface area contributed by atoms with E-state index in [1.54, 1.807) is 7.11 Å². The fourth-order valence-electron chi connectivity index (χ4n) is 1.48. The number of rotatable bonds is 4. The third kappa shape index (κ3) is 2.61. The van der Waals surface area contributed by atoms with Crippen molar-refractivity contribution in [3.63, 3.8) is 0 Å². The Balaban J connectivity index is 2.02. The second-order valence-electron chi connectivity index (χ2n) is 3.40. The van der Waals surface area contributed by atoms with Gasteiger partial charge in [-0.05, 0) is 40.0 Å². The minimum atomic E-state index is 0.850. The van der Waals surface area contributed by atoms with Crippen LogP contribution in [0.15, 0.2) is 29.0 Å². The third-order valence-electron chi connectivity index (χ3n) is 2.33. The highest BCUT2D eigenvalue weighted by atomic mass is 79.9. The van der Waals surface area contributed by atoms with Crippen LogP contribution in [0.4, 0.5) is 0 Å². The maximum atomic E-state index is 5.17. The van der Waals surface area contributed by atoms with E-state index < -0.39 is 0 Å². The molecular formula is C11H12BrN3O. The highest BCUT2D eigenvalue weighted by Gasteiger charge is 2.02. The molecule has 1 heterocycles. The predicted octanol–water partition coefficient (Wildman–Crippen LogP) is 2.36. The average Bonchev–Trinajstić information content (AvgIpc) is 2.79. The first-order chi connectivity index (χ1) is 7.79. The fourth-order valence-corrected chi connectivity index (χ4v) is 2.07. The van der Waals surface area contributed by atoms with Crippen LogP contribution in [-0.4, -0.2) is 22.3 Å². The van der Waals surface area contributed by atoms with Gasteiger partial charge in [-0.3, -0.25) is 5.10 Å². The molecule has 0 spiro atoms. The zero-order valence-corrected chi connectivity index (χ0v) is 10.5. The Hall–Kier alpha value is -1.36. The summed E-state index contributed by atoms with van der Waals surface area (Å²) in [6.45, 7) is 0. The minimum Gasteiger partial charge on any atom is -0.496 e. The van der Waals surface area contributed by atoms with Crippen LogP contribution in [0.2, 0.25) is 0 Å². The van der Waals surface area contributed by atoms with E-state index in [1.807, 2.05) is 6.07 Å². The molecule has 0 bridgehead atoms. The second kappa shape index (κ2) is 5.12. The molecule has 0 saturated heterocycles. The van der Waals surface area contributed by atoms with Crippen LogP contribution in [0.5, 0.6) is 5.75 Å². The molecule has 1 N–H and O–H groups in total. The van der Waals surface area contributed by atoms with Gasteiger partial charge < -0.3 is 4.74 Å². The largest absolute Gasteiger partial charge is 0.496 e. The molecule has 84 valence electrons. The monoisotopic (exact) mass is 281 g/mol. The van der Waals surface area contributed by atoms with Gasteiger partial charge in [-0.1, -0.05) is 6.07 Å². The number of hydrogen-bond donors (Lipinski definition) is 1. The van der Waals surface area contributed by atoms with Crippen molar-refractivity contribution >= 4 is 15.9 Å². The number of ether oxygens (including phenoxy) is 1. The van der Waals surface area contributed by atoms with Crippen molar-refractivity contribution in [1.82, 2.24) is 15.2 Å². The number of aryl methyl sites for hydroxylation is 2. The molecule has 4 nitrogen and oxygen atoms in total. The van der Waals surface area contributed by atoms with E-state index in [9.17, 15) is 0 Å². The van der Waals surface area contributed by atoms with Crippen LogP contribution in [0, 0.1) is 0 Å². The molecule has 0 atom stereocenters. The molecule has 2 rings (SSSR count). The van der Waals surface area contributed by atoms with E-state index in [0.717, 1.165) is 28.9 Å². The molecule has 2 aromatic rings. The number of hydrogen-bond acceptors (Lipinski definition) is 3. The van der Waals surface area contributed by atoms with E-state index >= 15 is 0 Å². The number of methoxy groups -OCH3 is 1. The first-order valence-corrected chi connectivity index (χ1v) is 5.75. The molecule has 0 saturated carbocycles. The molecule has 1 aromatic heterocycles. The SMILES string of the molecule is COc1ccc(CCc2ncn[nH]2)cc1Br. The van der Waals surface area contributed by atoms with E-state index in [-0.39, 0.29) is 0 Å². The van der Waals surface area contributed by atoms with Crippen molar-refractivity contribution in [2.45, 2.75) is 12.8 Å². The molecular weight excluding hydrogens is 270 g/mol. The van der Waals surface area contributed by atoms with Gasteiger partial charge in [0.1, 0.15) is 17.9 Å². The van der Waals surface area contributed by atoms with Crippen molar-refractivity contribution in [2.24, 2.45) is 0 Å². The van der Waals surface area contributed by atoms with Crippen LogP contribution in [-0.2, 0) is 12.8 Å². The lowest BCUT2D eigenvalue weighted by molar-refractivity contribution is 0.412. The summed E-state index contributed by atoms with van der Waals surface area (Å²) in [5, 5.41) is 6.66.